The van der Waals surface area contributed by atoms with E-state index in [1.807, 2.05) is 0 Å². The molecule has 4 heteroatoms. The molecule has 1 aliphatic carbocycles. The molecular formula is C13H24N2O2. The summed E-state index contributed by atoms with van der Waals surface area (Å²) in [5, 5.41) is 3.06. The van der Waals surface area contributed by atoms with Crippen molar-refractivity contribution in [2.45, 2.75) is 51.2 Å². The van der Waals surface area contributed by atoms with Crippen LogP contribution in [-0.2, 0) is 9.53 Å². The van der Waals surface area contributed by atoms with Gasteiger partial charge in [0.15, 0.2) is 0 Å². The quantitative estimate of drug-likeness (QED) is 0.775. The highest BCUT2D eigenvalue weighted by atomic mass is 16.5. The number of carbonyl (C=O) groups excluding carboxylic acids is 1. The number of nitrogens with one attached hydrogen (secondary N) is 1. The Balaban J connectivity index is 1.76. The molecular weight excluding hydrogens is 216 g/mol. The van der Waals surface area contributed by atoms with E-state index in [4.69, 9.17) is 10.5 Å². The third kappa shape index (κ3) is 3.19. The molecule has 0 bridgehead atoms. The van der Waals surface area contributed by atoms with Crippen molar-refractivity contribution in [1.29, 1.82) is 0 Å². The van der Waals surface area contributed by atoms with E-state index in [-0.39, 0.29) is 24.0 Å². The highest BCUT2D eigenvalue weighted by Gasteiger charge is 2.30. The summed E-state index contributed by atoms with van der Waals surface area (Å²) >= 11 is 0. The van der Waals surface area contributed by atoms with Gasteiger partial charge < -0.3 is 15.8 Å². The van der Waals surface area contributed by atoms with Gasteiger partial charge in [-0.1, -0.05) is 12.8 Å². The number of amides is 1. The van der Waals surface area contributed by atoms with Crippen molar-refractivity contribution in [1.82, 2.24) is 5.32 Å². The minimum absolute atomic E-state index is 0.0291. The molecule has 4 nitrogen and oxygen atoms in total. The molecule has 17 heavy (non-hydrogen) atoms. The van der Waals surface area contributed by atoms with Gasteiger partial charge in [-0.15, -0.1) is 0 Å². The van der Waals surface area contributed by atoms with Gasteiger partial charge in [-0.25, -0.2) is 0 Å². The van der Waals surface area contributed by atoms with Crippen LogP contribution in [0.15, 0.2) is 0 Å². The molecule has 2 aliphatic rings. The van der Waals surface area contributed by atoms with Gasteiger partial charge in [0.1, 0.15) is 0 Å². The van der Waals surface area contributed by atoms with Crippen molar-refractivity contribution in [2.75, 3.05) is 13.2 Å². The van der Waals surface area contributed by atoms with Crippen molar-refractivity contribution in [3.8, 4) is 0 Å². The number of ether oxygens (including phenoxy) is 1. The topological polar surface area (TPSA) is 64.3 Å². The lowest BCUT2D eigenvalue weighted by Crippen LogP contribution is -2.45. The molecule has 4 unspecified atom stereocenters. The minimum atomic E-state index is 0.0291. The Morgan fingerprint density at radius 3 is 2.76 bits per heavy atom. The summed E-state index contributed by atoms with van der Waals surface area (Å²) in [4.78, 5) is 12.0. The number of rotatable bonds is 3. The Bertz CT molecular complexity index is 270. The second-order valence-electron chi connectivity index (χ2n) is 5.42. The highest BCUT2D eigenvalue weighted by Crippen LogP contribution is 2.24. The Morgan fingerprint density at radius 2 is 2.12 bits per heavy atom. The first-order valence-electron chi connectivity index (χ1n) is 6.83. The molecule has 1 aliphatic heterocycles. The van der Waals surface area contributed by atoms with E-state index in [1.165, 1.54) is 6.42 Å². The Hall–Kier alpha value is -0.610. The average molecular weight is 240 g/mol. The van der Waals surface area contributed by atoms with E-state index in [2.05, 4.69) is 12.2 Å². The largest absolute Gasteiger partial charge is 0.378 e. The summed E-state index contributed by atoms with van der Waals surface area (Å²) < 4.78 is 5.49. The molecule has 1 saturated carbocycles. The van der Waals surface area contributed by atoms with Crippen LogP contribution < -0.4 is 11.1 Å². The summed E-state index contributed by atoms with van der Waals surface area (Å²) in [6.07, 6.45) is 5.56. The van der Waals surface area contributed by atoms with Gasteiger partial charge in [-0.2, -0.15) is 0 Å². The molecule has 0 aromatic carbocycles. The van der Waals surface area contributed by atoms with Crippen LogP contribution in [0.3, 0.4) is 0 Å². The predicted octanol–water partition coefficient (Wildman–Crippen LogP) is 1.05. The molecule has 2 fully saturated rings. The predicted molar refractivity (Wildman–Crippen MR) is 66.5 cm³/mol. The van der Waals surface area contributed by atoms with Crippen molar-refractivity contribution in [3.63, 3.8) is 0 Å². The van der Waals surface area contributed by atoms with Crippen LogP contribution in [0.4, 0.5) is 0 Å². The first kappa shape index (κ1) is 12.8. The molecule has 1 saturated heterocycles. The fraction of sp³-hybridized carbons (Fsp3) is 0.923. The lowest BCUT2D eigenvalue weighted by molar-refractivity contribution is -0.126. The van der Waals surface area contributed by atoms with E-state index in [0.717, 1.165) is 38.8 Å². The molecule has 2 rings (SSSR count). The van der Waals surface area contributed by atoms with E-state index >= 15 is 0 Å². The Kier molecular flexibility index (Phi) is 4.40. The standard InChI is InChI=1S/C13H24N2O2/c1-9-10(6-7-17-9)8-15-13(16)11-4-2-3-5-12(11)14/h9-12H,2-8,14H2,1H3,(H,15,16). The van der Waals surface area contributed by atoms with E-state index < -0.39 is 0 Å². The van der Waals surface area contributed by atoms with Crippen molar-refractivity contribution in [3.05, 3.63) is 0 Å². The maximum Gasteiger partial charge on any atom is 0.224 e. The molecule has 1 amide bonds. The zero-order chi connectivity index (χ0) is 12.3. The van der Waals surface area contributed by atoms with Crippen LogP contribution in [-0.4, -0.2) is 31.2 Å². The molecule has 3 N–H and O–H groups in total. The number of nitrogens with two attached hydrogens (primary N) is 1. The van der Waals surface area contributed by atoms with Crippen molar-refractivity contribution in [2.24, 2.45) is 17.6 Å². The summed E-state index contributed by atoms with van der Waals surface area (Å²) in [5.41, 5.74) is 6.01. The van der Waals surface area contributed by atoms with Crippen LogP contribution in [0.25, 0.3) is 0 Å². The molecule has 1 heterocycles. The van der Waals surface area contributed by atoms with Crippen LogP contribution in [0.5, 0.6) is 0 Å². The van der Waals surface area contributed by atoms with Crippen molar-refractivity contribution < 1.29 is 9.53 Å². The highest BCUT2D eigenvalue weighted by molar-refractivity contribution is 5.79. The number of carbonyl (C=O) groups is 1. The van der Waals surface area contributed by atoms with Gasteiger partial charge in [-0.3, -0.25) is 4.79 Å². The molecule has 0 spiro atoms. The lowest BCUT2D eigenvalue weighted by Gasteiger charge is -2.28. The molecule has 0 aromatic rings. The van der Waals surface area contributed by atoms with Gasteiger partial charge in [0.2, 0.25) is 5.91 Å². The SMILES string of the molecule is CC1OCCC1CNC(=O)C1CCCCC1N. The van der Waals surface area contributed by atoms with Gasteiger partial charge in [0.25, 0.3) is 0 Å². The third-order valence-corrected chi connectivity index (χ3v) is 4.23. The third-order valence-electron chi connectivity index (χ3n) is 4.23. The van der Waals surface area contributed by atoms with Gasteiger partial charge in [0, 0.05) is 25.1 Å². The normalized spacial score (nSPS) is 38.0. The van der Waals surface area contributed by atoms with Crippen molar-refractivity contribution >= 4 is 5.91 Å². The second kappa shape index (κ2) is 5.83. The lowest BCUT2D eigenvalue weighted by atomic mass is 9.84. The second-order valence-corrected chi connectivity index (χ2v) is 5.42. The summed E-state index contributed by atoms with van der Waals surface area (Å²) in [6, 6.07) is 0.0565. The van der Waals surface area contributed by atoms with Crippen LogP contribution in [0.2, 0.25) is 0 Å². The van der Waals surface area contributed by atoms with Gasteiger partial charge >= 0.3 is 0 Å². The Morgan fingerprint density at radius 1 is 1.35 bits per heavy atom. The maximum atomic E-state index is 12.0. The number of hydrogen-bond donors (Lipinski definition) is 2. The minimum Gasteiger partial charge on any atom is -0.378 e. The zero-order valence-electron chi connectivity index (χ0n) is 10.7. The molecule has 98 valence electrons. The summed E-state index contributed by atoms with van der Waals surface area (Å²) in [6.45, 7) is 3.64. The van der Waals surface area contributed by atoms with Crippen LogP contribution in [0.1, 0.15) is 39.0 Å². The van der Waals surface area contributed by atoms with E-state index in [0.29, 0.717) is 5.92 Å². The van der Waals surface area contributed by atoms with Crippen LogP contribution in [0, 0.1) is 11.8 Å². The summed E-state index contributed by atoms with van der Waals surface area (Å²) in [7, 11) is 0. The van der Waals surface area contributed by atoms with Gasteiger partial charge in [-0.05, 0) is 26.2 Å². The fourth-order valence-electron chi connectivity index (χ4n) is 2.89. The first-order valence-corrected chi connectivity index (χ1v) is 6.83. The van der Waals surface area contributed by atoms with Crippen LogP contribution >= 0.6 is 0 Å². The molecule has 0 aromatic heterocycles. The molecule has 0 radical (unpaired) electrons. The zero-order valence-corrected chi connectivity index (χ0v) is 10.7. The van der Waals surface area contributed by atoms with E-state index in [1.54, 1.807) is 0 Å². The first-order chi connectivity index (χ1) is 8.18. The smallest absolute Gasteiger partial charge is 0.224 e. The van der Waals surface area contributed by atoms with E-state index in [9.17, 15) is 4.79 Å². The monoisotopic (exact) mass is 240 g/mol. The summed E-state index contributed by atoms with van der Waals surface area (Å²) in [5.74, 6) is 0.649. The number of hydrogen-bond acceptors (Lipinski definition) is 3. The van der Waals surface area contributed by atoms with Gasteiger partial charge in [0.05, 0.1) is 12.0 Å². The average Bonchev–Trinajstić information content (AvgIpc) is 2.72. The maximum absolute atomic E-state index is 12.0. The Labute approximate surface area is 103 Å². The molecule has 4 atom stereocenters. The fourth-order valence-corrected chi connectivity index (χ4v) is 2.89.